The van der Waals surface area contributed by atoms with Crippen molar-refractivity contribution < 1.29 is 4.79 Å². The molecule has 1 aliphatic carbocycles. The number of amides is 1. The van der Waals surface area contributed by atoms with E-state index in [1.807, 2.05) is 24.3 Å². The zero-order valence-corrected chi connectivity index (χ0v) is 16.8. The van der Waals surface area contributed by atoms with Crippen molar-refractivity contribution >= 4 is 28.6 Å². The molecule has 2 heterocycles. The Labute approximate surface area is 173 Å². The van der Waals surface area contributed by atoms with E-state index in [1.165, 1.54) is 10.9 Å². The fourth-order valence-corrected chi connectivity index (χ4v) is 4.66. The molecule has 0 unspecified atom stereocenters. The van der Waals surface area contributed by atoms with Crippen molar-refractivity contribution in [3.05, 3.63) is 59.4 Å². The molecule has 1 amide bonds. The van der Waals surface area contributed by atoms with E-state index in [-0.39, 0.29) is 23.9 Å². The van der Waals surface area contributed by atoms with Crippen LogP contribution in [0.25, 0.3) is 10.9 Å². The molecule has 7 nitrogen and oxygen atoms in total. The van der Waals surface area contributed by atoms with Gasteiger partial charge in [-0.1, -0.05) is 23.9 Å². The van der Waals surface area contributed by atoms with Crippen LogP contribution in [0.3, 0.4) is 0 Å². The van der Waals surface area contributed by atoms with Gasteiger partial charge in [0.2, 0.25) is 5.91 Å². The van der Waals surface area contributed by atoms with Gasteiger partial charge >= 0.3 is 0 Å². The van der Waals surface area contributed by atoms with Gasteiger partial charge in [0, 0.05) is 36.7 Å². The summed E-state index contributed by atoms with van der Waals surface area (Å²) in [4.78, 5) is 37.7. The maximum atomic E-state index is 12.5. The van der Waals surface area contributed by atoms with E-state index < -0.39 is 0 Å². The lowest BCUT2D eigenvalue weighted by atomic mass is 9.95. The molecule has 1 aromatic carbocycles. The van der Waals surface area contributed by atoms with Crippen LogP contribution in [0.5, 0.6) is 0 Å². The Hall–Kier alpha value is -2.74. The molecule has 0 saturated heterocycles. The first-order chi connectivity index (χ1) is 14.2. The predicted octanol–water partition coefficient (Wildman–Crippen LogP) is 2.80. The van der Waals surface area contributed by atoms with Crippen LogP contribution in [0.2, 0.25) is 0 Å². The van der Waals surface area contributed by atoms with Gasteiger partial charge in [-0.05, 0) is 43.9 Å². The minimum Gasteiger partial charge on any atom is -0.353 e. The van der Waals surface area contributed by atoms with Crippen molar-refractivity contribution in [3.8, 4) is 0 Å². The third-order valence-electron chi connectivity index (χ3n) is 5.16. The highest BCUT2D eigenvalue weighted by molar-refractivity contribution is 7.99. The summed E-state index contributed by atoms with van der Waals surface area (Å²) in [5.41, 5.74) is 0.567. The predicted molar refractivity (Wildman–Crippen MR) is 113 cm³/mol. The Morgan fingerprint density at radius 2 is 1.83 bits per heavy atom. The van der Waals surface area contributed by atoms with E-state index in [9.17, 15) is 9.59 Å². The van der Waals surface area contributed by atoms with Crippen LogP contribution in [-0.4, -0.2) is 36.7 Å². The van der Waals surface area contributed by atoms with Gasteiger partial charge in [-0.15, -0.1) is 0 Å². The Balaban J connectivity index is 1.25. The fourth-order valence-electron chi connectivity index (χ4n) is 3.61. The van der Waals surface area contributed by atoms with Gasteiger partial charge in [0.05, 0.1) is 17.2 Å². The molecule has 150 valence electrons. The van der Waals surface area contributed by atoms with Crippen LogP contribution in [0, 0.1) is 0 Å². The maximum Gasteiger partial charge on any atom is 0.261 e. The number of carbonyl (C=O) groups is 1. The molecule has 0 atom stereocenters. The maximum absolute atomic E-state index is 12.5. The highest BCUT2D eigenvalue weighted by Gasteiger charge is 2.23. The summed E-state index contributed by atoms with van der Waals surface area (Å²) in [5, 5.41) is 5.00. The van der Waals surface area contributed by atoms with Crippen molar-refractivity contribution in [2.75, 3.05) is 0 Å². The third-order valence-corrected chi connectivity index (χ3v) is 6.39. The number of aryl methyl sites for hydroxylation is 1. The minimum absolute atomic E-state index is 0.0208. The Bertz CT molecular complexity index is 1030. The molecule has 1 aliphatic rings. The molecular weight excluding hydrogens is 386 g/mol. The number of hydrogen-bond donors (Lipinski definition) is 1. The number of nitrogens with zero attached hydrogens (tertiary/aromatic N) is 4. The van der Waals surface area contributed by atoms with Gasteiger partial charge in [-0.2, -0.15) is 0 Å². The van der Waals surface area contributed by atoms with E-state index in [0.717, 1.165) is 30.8 Å². The molecule has 4 rings (SSSR count). The highest BCUT2D eigenvalue weighted by atomic mass is 32.2. The largest absolute Gasteiger partial charge is 0.353 e. The van der Waals surface area contributed by atoms with Crippen LogP contribution >= 0.6 is 11.8 Å². The van der Waals surface area contributed by atoms with Gasteiger partial charge < -0.3 is 5.32 Å². The molecule has 0 aliphatic heterocycles. The topological polar surface area (TPSA) is 89.8 Å². The Morgan fingerprint density at radius 1 is 1.07 bits per heavy atom. The van der Waals surface area contributed by atoms with E-state index in [0.29, 0.717) is 22.7 Å². The molecule has 29 heavy (non-hydrogen) atoms. The van der Waals surface area contributed by atoms with Gasteiger partial charge in [0.15, 0.2) is 5.16 Å². The lowest BCUT2D eigenvalue weighted by Crippen LogP contribution is -2.38. The molecule has 1 saturated carbocycles. The van der Waals surface area contributed by atoms with E-state index in [1.54, 1.807) is 30.2 Å². The minimum atomic E-state index is -0.107. The van der Waals surface area contributed by atoms with Crippen LogP contribution in [-0.2, 0) is 11.3 Å². The summed E-state index contributed by atoms with van der Waals surface area (Å²) in [6, 6.07) is 9.26. The first-order valence-corrected chi connectivity index (χ1v) is 10.7. The average molecular weight is 410 g/mol. The Kier molecular flexibility index (Phi) is 6.19. The zero-order chi connectivity index (χ0) is 20.1. The van der Waals surface area contributed by atoms with Crippen molar-refractivity contribution in [2.24, 2.45) is 0 Å². The monoisotopic (exact) mass is 409 g/mol. The number of nitrogens with one attached hydrogen (secondary N) is 1. The SMILES string of the molecule is O=C(CCn1cnc2ccccc2c1=O)NC1CCC(Sc2ncccn2)CC1. The summed E-state index contributed by atoms with van der Waals surface area (Å²) < 4.78 is 1.51. The third kappa shape index (κ3) is 5.00. The molecule has 1 fully saturated rings. The number of rotatable bonds is 6. The van der Waals surface area contributed by atoms with Crippen LogP contribution in [0.4, 0.5) is 0 Å². The fraction of sp³-hybridized carbons (Fsp3) is 0.381. The summed E-state index contributed by atoms with van der Waals surface area (Å²) in [5.74, 6) is -0.0208. The first kappa shape index (κ1) is 19.6. The zero-order valence-electron chi connectivity index (χ0n) is 16.0. The van der Waals surface area contributed by atoms with Crippen molar-refractivity contribution in [1.29, 1.82) is 0 Å². The Morgan fingerprint density at radius 3 is 2.62 bits per heavy atom. The molecule has 3 aromatic rings. The second kappa shape index (κ2) is 9.17. The number of thioether (sulfide) groups is 1. The van der Waals surface area contributed by atoms with Gasteiger partial charge in [-0.25, -0.2) is 15.0 Å². The van der Waals surface area contributed by atoms with E-state index in [4.69, 9.17) is 0 Å². The lowest BCUT2D eigenvalue weighted by molar-refractivity contribution is -0.122. The molecule has 1 N–H and O–H groups in total. The number of fused-ring (bicyclic) bond motifs is 1. The first-order valence-electron chi connectivity index (χ1n) is 9.86. The van der Waals surface area contributed by atoms with Gasteiger partial charge in [0.1, 0.15) is 0 Å². The van der Waals surface area contributed by atoms with Crippen LogP contribution in [0.1, 0.15) is 32.1 Å². The number of aromatic nitrogens is 4. The van der Waals surface area contributed by atoms with Crippen molar-refractivity contribution in [2.45, 2.75) is 55.1 Å². The summed E-state index contributed by atoms with van der Waals surface area (Å²) in [6.45, 7) is 0.332. The smallest absolute Gasteiger partial charge is 0.261 e. The van der Waals surface area contributed by atoms with Gasteiger partial charge in [-0.3, -0.25) is 14.2 Å². The highest BCUT2D eigenvalue weighted by Crippen LogP contribution is 2.31. The number of carbonyl (C=O) groups excluding carboxylic acids is 1. The van der Waals surface area contributed by atoms with Crippen molar-refractivity contribution in [3.63, 3.8) is 0 Å². The second-order valence-corrected chi connectivity index (χ2v) is 8.47. The number of para-hydroxylation sites is 1. The average Bonchev–Trinajstić information content (AvgIpc) is 2.76. The normalized spacial score (nSPS) is 19.2. The lowest BCUT2D eigenvalue weighted by Gasteiger charge is -2.28. The molecule has 2 aromatic heterocycles. The molecular formula is C21H23N5O2S. The van der Waals surface area contributed by atoms with E-state index >= 15 is 0 Å². The number of benzene rings is 1. The van der Waals surface area contributed by atoms with Crippen molar-refractivity contribution in [1.82, 2.24) is 24.8 Å². The molecule has 0 bridgehead atoms. The van der Waals surface area contributed by atoms with Crippen LogP contribution < -0.4 is 10.9 Å². The second-order valence-electron chi connectivity index (χ2n) is 7.20. The standard InChI is InChI=1S/C21H23N5O2S/c27-19(10-13-26-14-24-18-5-2-1-4-17(18)20(26)28)25-15-6-8-16(9-7-15)29-21-22-11-3-12-23-21/h1-5,11-12,14-16H,6-10,13H2,(H,25,27). The number of hydrogen-bond acceptors (Lipinski definition) is 6. The summed E-state index contributed by atoms with van der Waals surface area (Å²) >= 11 is 1.72. The summed E-state index contributed by atoms with van der Waals surface area (Å²) in [7, 11) is 0. The molecule has 0 radical (unpaired) electrons. The quantitative estimate of drug-likeness (QED) is 0.630. The van der Waals surface area contributed by atoms with Gasteiger partial charge in [0.25, 0.3) is 5.56 Å². The molecule has 8 heteroatoms. The van der Waals surface area contributed by atoms with E-state index in [2.05, 4.69) is 20.3 Å². The van der Waals surface area contributed by atoms with Crippen LogP contribution in [0.15, 0.2) is 59.0 Å². The summed E-state index contributed by atoms with van der Waals surface area (Å²) in [6.07, 6.45) is 9.28. The molecule has 0 spiro atoms.